The third-order valence-corrected chi connectivity index (χ3v) is 14.2. The molecule has 0 saturated heterocycles. The molecule has 0 saturated carbocycles. The molecule has 1 aromatic heterocycles. The molecule has 8 aromatic carbocycles. The van der Waals surface area contributed by atoms with Crippen molar-refractivity contribution in [2.24, 2.45) is 0 Å². The van der Waals surface area contributed by atoms with Crippen LogP contribution in [0.1, 0.15) is 22.3 Å². The number of rotatable bonds is 1. The van der Waals surface area contributed by atoms with E-state index >= 15 is 0 Å². The summed E-state index contributed by atoms with van der Waals surface area (Å²) in [7, 11) is 0. The lowest BCUT2D eigenvalue weighted by Gasteiger charge is -2.47. The van der Waals surface area contributed by atoms with Crippen LogP contribution >= 0.6 is 23.5 Å². The fourth-order valence-electron chi connectivity index (χ4n) is 10.3. The number of hydrogen-bond acceptors (Lipinski definition) is 2. The Kier molecular flexibility index (Phi) is 4.58. The molecular weight excluding hydrogens is 629 g/mol. The van der Waals surface area contributed by atoms with Gasteiger partial charge in [-0.2, -0.15) is 0 Å². The Bertz CT molecular complexity index is 2900. The average molecular weight is 654 g/mol. The molecule has 1 nitrogen and oxygen atoms in total. The van der Waals surface area contributed by atoms with Crippen LogP contribution in [0.3, 0.4) is 0 Å². The maximum absolute atomic E-state index is 2.57. The van der Waals surface area contributed by atoms with Gasteiger partial charge in [-0.05, 0) is 86.2 Å². The van der Waals surface area contributed by atoms with Gasteiger partial charge in [0, 0.05) is 35.9 Å². The Balaban J connectivity index is 1.28. The standard InChI is InChI=1S/C45H24BNS2/c1-3-15-32-27(10-1)28-11-2-4-16-33(28)47(32)34-24-23-26-22-21-25-9-5-12-29-39(25)40(26)41(34)45(29)30-13-6-17-35-42(30)46-43-31(45)14-7-18-36(43)49-38-20-8-19-37(48-35)44(38)46/h1-24H. The van der Waals surface area contributed by atoms with Gasteiger partial charge < -0.3 is 4.57 Å². The summed E-state index contributed by atoms with van der Waals surface area (Å²) < 4.78 is 2.57. The van der Waals surface area contributed by atoms with E-state index in [1.807, 2.05) is 23.5 Å². The predicted octanol–water partition coefficient (Wildman–Crippen LogP) is 9.54. The Morgan fingerprint density at radius 1 is 0.429 bits per heavy atom. The molecule has 0 unspecified atom stereocenters. The van der Waals surface area contributed by atoms with Gasteiger partial charge in [-0.3, -0.25) is 0 Å². The van der Waals surface area contributed by atoms with E-state index in [9.17, 15) is 0 Å². The lowest BCUT2D eigenvalue weighted by atomic mass is 9.30. The first kappa shape index (κ1) is 25.8. The molecule has 0 fully saturated rings. The minimum absolute atomic E-state index is 0.232. The summed E-state index contributed by atoms with van der Waals surface area (Å²) >= 11 is 3.93. The van der Waals surface area contributed by atoms with Crippen molar-refractivity contribution in [1.29, 1.82) is 0 Å². The highest BCUT2D eigenvalue weighted by atomic mass is 32.2. The lowest BCUT2D eigenvalue weighted by Crippen LogP contribution is -2.65. The van der Waals surface area contributed by atoms with Crippen LogP contribution < -0.4 is 16.4 Å². The molecule has 49 heavy (non-hydrogen) atoms. The van der Waals surface area contributed by atoms with Crippen molar-refractivity contribution in [2.75, 3.05) is 0 Å². The van der Waals surface area contributed by atoms with Crippen LogP contribution in [0.5, 0.6) is 0 Å². The summed E-state index contributed by atoms with van der Waals surface area (Å²) in [5.74, 6) is 0. The topological polar surface area (TPSA) is 4.93 Å². The Morgan fingerprint density at radius 3 is 1.59 bits per heavy atom. The highest BCUT2D eigenvalue weighted by molar-refractivity contribution is 8.01. The highest BCUT2D eigenvalue weighted by Gasteiger charge is 2.56. The first-order valence-electron chi connectivity index (χ1n) is 17.1. The van der Waals surface area contributed by atoms with Crippen molar-refractivity contribution in [3.63, 3.8) is 0 Å². The number of fused-ring (bicyclic) bond motifs is 7. The van der Waals surface area contributed by atoms with Crippen molar-refractivity contribution in [3.05, 3.63) is 168 Å². The van der Waals surface area contributed by atoms with E-state index in [1.54, 1.807) is 0 Å². The highest BCUT2D eigenvalue weighted by Crippen LogP contribution is 2.60. The van der Waals surface area contributed by atoms with E-state index in [2.05, 4.69) is 150 Å². The maximum Gasteiger partial charge on any atom is 0.247 e. The van der Waals surface area contributed by atoms with Crippen LogP contribution in [0, 0.1) is 0 Å². The zero-order chi connectivity index (χ0) is 31.6. The van der Waals surface area contributed by atoms with Gasteiger partial charge in [0.15, 0.2) is 0 Å². The van der Waals surface area contributed by atoms with Crippen LogP contribution in [0.15, 0.2) is 165 Å². The molecule has 1 spiro atoms. The SMILES string of the molecule is c1cc2c3c(c1)Sc1cccc4c1B3c1c(cccc1C41c3cccc4ccc5ccc(-n6c7ccccc7c7ccccc76)c1c5c34)S2. The van der Waals surface area contributed by atoms with Gasteiger partial charge in [-0.1, -0.05) is 138 Å². The van der Waals surface area contributed by atoms with Crippen LogP contribution in [-0.2, 0) is 5.41 Å². The van der Waals surface area contributed by atoms with Gasteiger partial charge in [0.1, 0.15) is 0 Å². The van der Waals surface area contributed by atoms with Crippen molar-refractivity contribution < 1.29 is 0 Å². The largest absolute Gasteiger partial charge is 0.309 e. The number of aromatic nitrogens is 1. The quantitative estimate of drug-likeness (QED) is 0.129. The van der Waals surface area contributed by atoms with Gasteiger partial charge in [-0.25, -0.2) is 0 Å². The number of para-hydroxylation sites is 2. The van der Waals surface area contributed by atoms with Crippen molar-refractivity contribution in [3.8, 4) is 5.69 Å². The summed E-state index contributed by atoms with van der Waals surface area (Å²) in [5, 5.41) is 8.01. The number of benzene rings is 8. The van der Waals surface area contributed by atoms with Gasteiger partial charge >= 0.3 is 0 Å². The molecule has 4 aliphatic rings. The smallest absolute Gasteiger partial charge is 0.247 e. The third-order valence-electron chi connectivity index (χ3n) is 11.9. The minimum Gasteiger partial charge on any atom is -0.309 e. The zero-order valence-electron chi connectivity index (χ0n) is 26.2. The number of nitrogens with zero attached hydrogens (tertiary/aromatic N) is 1. The van der Waals surface area contributed by atoms with Crippen LogP contribution in [0.4, 0.5) is 0 Å². The first-order chi connectivity index (χ1) is 24.3. The monoisotopic (exact) mass is 653 g/mol. The Labute approximate surface area is 291 Å². The van der Waals surface area contributed by atoms with Crippen LogP contribution in [0.2, 0.25) is 0 Å². The van der Waals surface area contributed by atoms with Crippen molar-refractivity contribution >= 4 is 90.0 Å². The first-order valence-corrected chi connectivity index (χ1v) is 18.7. The molecule has 224 valence electrons. The molecule has 0 atom stereocenters. The second-order valence-electron chi connectivity index (χ2n) is 13.9. The lowest BCUT2D eigenvalue weighted by molar-refractivity contribution is 0.765. The van der Waals surface area contributed by atoms with Gasteiger partial charge in [0.05, 0.1) is 22.1 Å². The van der Waals surface area contributed by atoms with E-state index in [0.29, 0.717) is 0 Å². The summed E-state index contributed by atoms with van der Waals surface area (Å²) in [5.41, 5.74) is 13.5. The molecule has 9 aromatic rings. The Hall–Kier alpha value is -5.16. The fraction of sp³-hybridized carbons (Fsp3) is 0.0222. The summed E-state index contributed by atoms with van der Waals surface area (Å²) in [4.78, 5) is 5.60. The van der Waals surface area contributed by atoms with E-state index in [1.165, 1.54) is 107 Å². The van der Waals surface area contributed by atoms with Gasteiger partial charge in [-0.15, -0.1) is 0 Å². The van der Waals surface area contributed by atoms with Gasteiger partial charge in [0.2, 0.25) is 6.71 Å². The van der Waals surface area contributed by atoms with E-state index in [-0.39, 0.29) is 6.71 Å². The Morgan fingerprint density at radius 2 is 0.939 bits per heavy atom. The van der Waals surface area contributed by atoms with E-state index in [4.69, 9.17) is 0 Å². The number of hydrogen-bond donors (Lipinski definition) is 0. The van der Waals surface area contributed by atoms with Crippen molar-refractivity contribution in [1.82, 2.24) is 4.57 Å². The average Bonchev–Trinajstić information content (AvgIpc) is 3.65. The molecule has 0 radical (unpaired) electrons. The maximum atomic E-state index is 2.57. The summed E-state index contributed by atoms with van der Waals surface area (Å²) in [6, 6.07) is 55.7. The molecule has 4 heteroatoms. The summed E-state index contributed by atoms with van der Waals surface area (Å²) in [6.07, 6.45) is 0. The van der Waals surface area contributed by atoms with E-state index < -0.39 is 5.41 Å². The molecular formula is C45H24BNS2. The molecule has 0 amide bonds. The van der Waals surface area contributed by atoms with Crippen LogP contribution in [-0.4, -0.2) is 11.3 Å². The normalized spacial score (nSPS) is 15.3. The minimum atomic E-state index is -0.484. The van der Waals surface area contributed by atoms with Crippen molar-refractivity contribution in [2.45, 2.75) is 25.0 Å². The molecule has 3 aliphatic heterocycles. The summed E-state index contributed by atoms with van der Waals surface area (Å²) in [6.45, 7) is 0.232. The molecule has 1 aliphatic carbocycles. The molecule has 0 N–H and O–H groups in total. The second-order valence-corrected chi connectivity index (χ2v) is 16.1. The molecule has 4 heterocycles. The molecule has 0 bridgehead atoms. The fourth-order valence-corrected chi connectivity index (χ4v) is 12.7. The zero-order valence-corrected chi connectivity index (χ0v) is 27.8. The second kappa shape index (κ2) is 8.70. The van der Waals surface area contributed by atoms with E-state index in [0.717, 1.165) is 0 Å². The third kappa shape index (κ3) is 2.83. The van der Waals surface area contributed by atoms with Crippen LogP contribution in [0.25, 0.3) is 49.0 Å². The predicted molar refractivity (Wildman–Crippen MR) is 207 cm³/mol. The van der Waals surface area contributed by atoms with Gasteiger partial charge in [0.25, 0.3) is 0 Å². The molecule has 13 rings (SSSR count).